The van der Waals surface area contributed by atoms with Crippen molar-refractivity contribution in [2.45, 2.75) is 37.5 Å². The minimum Gasteiger partial charge on any atom is -0.317 e. The molecule has 1 aromatic carbocycles. The molecule has 23 heavy (non-hydrogen) atoms. The van der Waals surface area contributed by atoms with Gasteiger partial charge in [0.05, 0.1) is 11.2 Å². The number of aromatic nitrogens is 2. The zero-order chi connectivity index (χ0) is 15.8. The zero-order valence-electron chi connectivity index (χ0n) is 13.7. The number of piperidine rings is 2. The monoisotopic (exact) mass is 316 g/mol. The van der Waals surface area contributed by atoms with Gasteiger partial charge in [0.1, 0.15) is 5.82 Å². The van der Waals surface area contributed by atoms with Crippen LogP contribution >= 0.6 is 0 Å². The molecule has 124 valence electrons. The highest BCUT2D eigenvalue weighted by Crippen LogP contribution is 2.34. The van der Waals surface area contributed by atoms with Gasteiger partial charge in [-0.25, -0.2) is 4.39 Å². The van der Waals surface area contributed by atoms with Crippen molar-refractivity contribution in [2.24, 2.45) is 7.05 Å². The summed E-state index contributed by atoms with van der Waals surface area (Å²) in [5.41, 5.74) is 3.00. The molecule has 1 unspecified atom stereocenters. The Morgan fingerprint density at radius 2 is 1.91 bits per heavy atom. The molecule has 2 N–H and O–H groups in total. The Bertz CT molecular complexity index is 697. The fraction of sp³-hybridized carbons (Fsp3) is 0.611. The summed E-state index contributed by atoms with van der Waals surface area (Å²) in [4.78, 5) is 0. The Labute approximate surface area is 136 Å². The molecule has 4 rings (SSSR count). The van der Waals surface area contributed by atoms with E-state index < -0.39 is 0 Å². The van der Waals surface area contributed by atoms with Gasteiger partial charge in [-0.2, -0.15) is 5.10 Å². The van der Waals surface area contributed by atoms with Crippen LogP contribution in [0.1, 0.15) is 48.8 Å². The topological polar surface area (TPSA) is 41.9 Å². The summed E-state index contributed by atoms with van der Waals surface area (Å²) in [7, 11) is 1.98. The summed E-state index contributed by atoms with van der Waals surface area (Å²) in [5, 5.41) is 12.5. The van der Waals surface area contributed by atoms with E-state index in [1.807, 2.05) is 17.8 Å². The first-order chi connectivity index (χ1) is 11.2. The van der Waals surface area contributed by atoms with Crippen LogP contribution in [0.3, 0.4) is 0 Å². The van der Waals surface area contributed by atoms with E-state index in [9.17, 15) is 4.39 Å². The standard InChI is InChI=1S/C18H25FN4/c1-23-17-10-14(12-4-7-20-8-5-12)16(19)9-15(17)18(22-23)13-3-2-6-21-11-13/h9-10,12-13,20-21H,2-8,11H2,1H3. The van der Waals surface area contributed by atoms with Crippen LogP contribution in [0.4, 0.5) is 4.39 Å². The van der Waals surface area contributed by atoms with E-state index in [4.69, 9.17) is 5.10 Å². The molecule has 1 atom stereocenters. The summed E-state index contributed by atoms with van der Waals surface area (Å²) in [5.74, 6) is 0.675. The predicted octanol–water partition coefficient (Wildman–Crippen LogP) is 2.65. The number of nitrogens with zero attached hydrogens (tertiary/aromatic N) is 2. The second-order valence-electron chi connectivity index (χ2n) is 6.97. The first kappa shape index (κ1) is 15.1. The lowest BCUT2D eigenvalue weighted by atomic mass is 9.88. The summed E-state index contributed by atoms with van der Waals surface area (Å²) in [6, 6.07) is 3.79. The number of rotatable bonds is 2. The van der Waals surface area contributed by atoms with Gasteiger partial charge in [0.25, 0.3) is 0 Å². The Morgan fingerprint density at radius 1 is 1.09 bits per heavy atom. The number of aryl methyl sites for hydroxylation is 1. The predicted molar refractivity (Wildman–Crippen MR) is 90.4 cm³/mol. The molecule has 2 aliphatic rings. The fourth-order valence-electron chi connectivity index (χ4n) is 4.15. The molecule has 2 fully saturated rings. The van der Waals surface area contributed by atoms with Crippen LogP contribution < -0.4 is 10.6 Å². The van der Waals surface area contributed by atoms with Crippen molar-refractivity contribution in [1.29, 1.82) is 0 Å². The van der Waals surface area contributed by atoms with Gasteiger partial charge in [-0.05, 0) is 68.9 Å². The molecule has 2 aliphatic heterocycles. The normalized spacial score (nSPS) is 23.5. The molecular weight excluding hydrogens is 291 g/mol. The van der Waals surface area contributed by atoms with Crippen LogP contribution in [-0.4, -0.2) is 36.0 Å². The summed E-state index contributed by atoms with van der Waals surface area (Å²) in [6.45, 7) is 3.98. The Kier molecular flexibility index (Phi) is 4.07. The Hall–Kier alpha value is -1.46. The molecule has 2 aromatic rings. The smallest absolute Gasteiger partial charge is 0.127 e. The SMILES string of the molecule is Cn1nc(C2CCCNC2)c2cc(F)c(C3CCNCC3)cc21. The highest BCUT2D eigenvalue weighted by molar-refractivity contribution is 5.83. The van der Waals surface area contributed by atoms with Crippen molar-refractivity contribution in [1.82, 2.24) is 20.4 Å². The van der Waals surface area contributed by atoms with E-state index >= 15 is 0 Å². The van der Waals surface area contributed by atoms with Gasteiger partial charge in [-0.3, -0.25) is 4.68 Å². The van der Waals surface area contributed by atoms with Crippen molar-refractivity contribution in [3.05, 3.63) is 29.2 Å². The van der Waals surface area contributed by atoms with E-state index in [0.29, 0.717) is 11.8 Å². The van der Waals surface area contributed by atoms with Crippen LogP contribution in [0.15, 0.2) is 12.1 Å². The van der Waals surface area contributed by atoms with Crippen molar-refractivity contribution >= 4 is 10.9 Å². The van der Waals surface area contributed by atoms with Crippen LogP contribution in [0.5, 0.6) is 0 Å². The molecule has 0 bridgehead atoms. The number of hydrogen-bond acceptors (Lipinski definition) is 3. The first-order valence-corrected chi connectivity index (χ1v) is 8.81. The van der Waals surface area contributed by atoms with Crippen LogP contribution in [0.25, 0.3) is 10.9 Å². The molecule has 0 aliphatic carbocycles. The van der Waals surface area contributed by atoms with Gasteiger partial charge < -0.3 is 10.6 Å². The number of fused-ring (bicyclic) bond motifs is 1. The van der Waals surface area contributed by atoms with Crippen molar-refractivity contribution < 1.29 is 4.39 Å². The molecule has 0 amide bonds. The lowest BCUT2D eigenvalue weighted by Gasteiger charge is -2.24. The van der Waals surface area contributed by atoms with Gasteiger partial charge in [-0.1, -0.05) is 0 Å². The summed E-state index contributed by atoms with van der Waals surface area (Å²) < 4.78 is 16.7. The van der Waals surface area contributed by atoms with E-state index in [0.717, 1.165) is 67.6 Å². The molecule has 0 saturated carbocycles. The summed E-state index contributed by atoms with van der Waals surface area (Å²) in [6.07, 6.45) is 4.33. The van der Waals surface area contributed by atoms with Crippen molar-refractivity contribution in [2.75, 3.05) is 26.2 Å². The van der Waals surface area contributed by atoms with E-state index in [2.05, 4.69) is 10.6 Å². The van der Waals surface area contributed by atoms with Gasteiger partial charge in [0.2, 0.25) is 0 Å². The van der Waals surface area contributed by atoms with Gasteiger partial charge in [0, 0.05) is 24.9 Å². The quantitative estimate of drug-likeness (QED) is 0.895. The molecule has 4 nitrogen and oxygen atoms in total. The van der Waals surface area contributed by atoms with Crippen molar-refractivity contribution in [3.8, 4) is 0 Å². The Balaban J connectivity index is 1.75. The molecule has 0 spiro atoms. The Morgan fingerprint density at radius 3 is 2.65 bits per heavy atom. The molecule has 0 radical (unpaired) electrons. The minimum absolute atomic E-state index is 0.0533. The lowest BCUT2D eigenvalue weighted by Crippen LogP contribution is -2.28. The highest BCUT2D eigenvalue weighted by atomic mass is 19.1. The maximum absolute atomic E-state index is 14.8. The maximum Gasteiger partial charge on any atom is 0.127 e. The van der Waals surface area contributed by atoms with Crippen LogP contribution in [-0.2, 0) is 7.05 Å². The van der Waals surface area contributed by atoms with Gasteiger partial charge >= 0.3 is 0 Å². The molecule has 5 heteroatoms. The van der Waals surface area contributed by atoms with E-state index in [-0.39, 0.29) is 5.82 Å². The highest BCUT2D eigenvalue weighted by Gasteiger charge is 2.24. The second-order valence-corrected chi connectivity index (χ2v) is 6.97. The summed E-state index contributed by atoms with van der Waals surface area (Å²) >= 11 is 0. The second kappa shape index (κ2) is 6.21. The third-order valence-corrected chi connectivity index (χ3v) is 5.46. The number of nitrogens with one attached hydrogen (secondary N) is 2. The number of hydrogen-bond donors (Lipinski definition) is 2. The average Bonchev–Trinajstić information content (AvgIpc) is 2.92. The molecule has 2 saturated heterocycles. The van der Waals surface area contributed by atoms with E-state index in [1.165, 1.54) is 6.42 Å². The van der Waals surface area contributed by atoms with Gasteiger partial charge in [-0.15, -0.1) is 0 Å². The maximum atomic E-state index is 14.8. The van der Waals surface area contributed by atoms with Crippen LogP contribution in [0.2, 0.25) is 0 Å². The lowest BCUT2D eigenvalue weighted by molar-refractivity contribution is 0.445. The first-order valence-electron chi connectivity index (χ1n) is 8.81. The van der Waals surface area contributed by atoms with Gasteiger partial charge in [0.15, 0.2) is 0 Å². The van der Waals surface area contributed by atoms with Crippen LogP contribution in [0, 0.1) is 5.82 Å². The van der Waals surface area contributed by atoms with E-state index in [1.54, 1.807) is 6.07 Å². The minimum atomic E-state index is -0.0533. The third-order valence-electron chi connectivity index (χ3n) is 5.46. The largest absolute Gasteiger partial charge is 0.317 e. The number of benzene rings is 1. The van der Waals surface area contributed by atoms with Crippen molar-refractivity contribution in [3.63, 3.8) is 0 Å². The average molecular weight is 316 g/mol. The zero-order valence-corrected chi connectivity index (χ0v) is 13.7. The molecular formula is C18H25FN4. The number of halogens is 1. The molecule has 3 heterocycles. The molecule has 1 aromatic heterocycles. The fourth-order valence-corrected chi connectivity index (χ4v) is 4.15. The third kappa shape index (κ3) is 2.76.